The summed E-state index contributed by atoms with van der Waals surface area (Å²) >= 11 is 0. The molecule has 0 spiro atoms. The lowest BCUT2D eigenvalue weighted by atomic mass is 9.95. The number of aliphatic hydroxyl groups excluding tert-OH is 1. The second kappa shape index (κ2) is 5.15. The summed E-state index contributed by atoms with van der Waals surface area (Å²) < 4.78 is 5.52. The maximum Gasteiger partial charge on any atom is 0.228 e. The Kier molecular flexibility index (Phi) is 4.33. The van der Waals surface area contributed by atoms with Gasteiger partial charge in [0.05, 0.1) is 24.2 Å². The van der Waals surface area contributed by atoms with Crippen molar-refractivity contribution in [3.8, 4) is 0 Å². The Bertz CT molecular complexity index is 249. The zero-order chi connectivity index (χ0) is 12.3. The van der Waals surface area contributed by atoms with Crippen LogP contribution < -0.4 is 0 Å². The highest BCUT2D eigenvalue weighted by Gasteiger charge is 2.38. The number of likely N-dealkylation sites (N-methyl/N-ethyl adjacent to an activating group) is 1. The van der Waals surface area contributed by atoms with Gasteiger partial charge in [0.1, 0.15) is 0 Å². The van der Waals surface area contributed by atoms with Gasteiger partial charge in [-0.25, -0.2) is 0 Å². The molecule has 0 aromatic heterocycles. The third-order valence-electron chi connectivity index (χ3n) is 3.55. The lowest BCUT2D eigenvalue weighted by Gasteiger charge is -2.36. The normalized spacial score (nSPS) is 25.8. The zero-order valence-electron chi connectivity index (χ0n) is 10.7. The Morgan fingerprint density at radius 2 is 2.19 bits per heavy atom. The lowest BCUT2D eigenvalue weighted by Crippen LogP contribution is -2.50. The first-order valence-electron chi connectivity index (χ1n) is 5.94. The Balaban J connectivity index is 2.70. The molecule has 2 atom stereocenters. The summed E-state index contributed by atoms with van der Waals surface area (Å²) in [6.45, 7) is 6.40. The monoisotopic (exact) mass is 229 g/mol. The Morgan fingerprint density at radius 3 is 2.69 bits per heavy atom. The van der Waals surface area contributed by atoms with Crippen molar-refractivity contribution in [2.24, 2.45) is 5.92 Å². The first kappa shape index (κ1) is 13.5. The van der Waals surface area contributed by atoms with Crippen LogP contribution in [0.5, 0.6) is 0 Å². The molecule has 4 nitrogen and oxygen atoms in total. The van der Waals surface area contributed by atoms with Crippen LogP contribution in [0.1, 0.15) is 33.6 Å². The molecule has 1 rings (SSSR count). The zero-order valence-corrected chi connectivity index (χ0v) is 10.7. The van der Waals surface area contributed by atoms with Gasteiger partial charge in [-0.05, 0) is 26.7 Å². The van der Waals surface area contributed by atoms with Gasteiger partial charge in [0.15, 0.2) is 0 Å². The molecule has 1 aliphatic heterocycles. The number of nitrogens with zero attached hydrogens (tertiary/aromatic N) is 1. The van der Waals surface area contributed by atoms with Gasteiger partial charge in [0, 0.05) is 13.7 Å². The second-order valence-corrected chi connectivity index (χ2v) is 5.08. The van der Waals surface area contributed by atoms with Crippen molar-refractivity contribution in [3.05, 3.63) is 0 Å². The highest BCUT2D eigenvalue weighted by molar-refractivity contribution is 5.80. The van der Waals surface area contributed by atoms with Gasteiger partial charge in [-0.2, -0.15) is 0 Å². The Hall–Kier alpha value is -0.610. The second-order valence-electron chi connectivity index (χ2n) is 5.08. The minimum atomic E-state index is -0.502. The van der Waals surface area contributed by atoms with Crippen molar-refractivity contribution < 1.29 is 14.6 Å². The average molecular weight is 229 g/mol. The van der Waals surface area contributed by atoms with Crippen molar-refractivity contribution in [2.45, 2.75) is 45.3 Å². The van der Waals surface area contributed by atoms with Crippen LogP contribution in [0.3, 0.4) is 0 Å². The quantitative estimate of drug-likeness (QED) is 0.783. The van der Waals surface area contributed by atoms with E-state index in [1.807, 2.05) is 20.8 Å². The third-order valence-corrected chi connectivity index (χ3v) is 3.55. The molecule has 1 heterocycles. The fourth-order valence-corrected chi connectivity index (χ4v) is 1.99. The Morgan fingerprint density at radius 1 is 1.56 bits per heavy atom. The number of hydrogen-bond donors (Lipinski definition) is 1. The maximum absolute atomic E-state index is 12.3. The molecule has 2 unspecified atom stereocenters. The van der Waals surface area contributed by atoms with Crippen molar-refractivity contribution >= 4 is 5.91 Å². The molecule has 1 saturated heterocycles. The van der Waals surface area contributed by atoms with E-state index < -0.39 is 5.54 Å². The van der Waals surface area contributed by atoms with E-state index in [9.17, 15) is 9.90 Å². The van der Waals surface area contributed by atoms with E-state index in [0.29, 0.717) is 6.61 Å². The van der Waals surface area contributed by atoms with E-state index >= 15 is 0 Å². The van der Waals surface area contributed by atoms with Gasteiger partial charge in [-0.15, -0.1) is 0 Å². The fraction of sp³-hybridized carbons (Fsp3) is 0.917. The summed E-state index contributed by atoms with van der Waals surface area (Å²) in [5.41, 5.74) is -0.502. The molecule has 1 amide bonds. The van der Waals surface area contributed by atoms with Crippen LogP contribution in [0.15, 0.2) is 0 Å². The van der Waals surface area contributed by atoms with Gasteiger partial charge in [-0.3, -0.25) is 4.79 Å². The van der Waals surface area contributed by atoms with E-state index in [0.717, 1.165) is 12.8 Å². The summed E-state index contributed by atoms with van der Waals surface area (Å²) in [5, 5.41) is 9.25. The topological polar surface area (TPSA) is 49.8 Å². The smallest absolute Gasteiger partial charge is 0.228 e. The van der Waals surface area contributed by atoms with Crippen LogP contribution >= 0.6 is 0 Å². The van der Waals surface area contributed by atoms with Crippen LogP contribution in [0, 0.1) is 5.92 Å². The van der Waals surface area contributed by atoms with E-state index in [1.165, 1.54) is 0 Å². The summed E-state index contributed by atoms with van der Waals surface area (Å²) in [7, 11) is 1.75. The summed E-state index contributed by atoms with van der Waals surface area (Å²) in [6, 6.07) is 0. The van der Waals surface area contributed by atoms with Crippen molar-refractivity contribution in [1.82, 2.24) is 4.90 Å². The maximum atomic E-state index is 12.3. The fourth-order valence-electron chi connectivity index (χ4n) is 1.99. The van der Waals surface area contributed by atoms with Gasteiger partial charge < -0.3 is 14.7 Å². The van der Waals surface area contributed by atoms with Crippen molar-refractivity contribution in [1.29, 1.82) is 0 Å². The SMILES string of the molecule is CCC1OCCC1C(=O)N(C)C(C)(C)CO. The van der Waals surface area contributed by atoms with E-state index in [4.69, 9.17) is 4.74 Å². The molecule has 0 saturated carbocycles. The number of carbonyl (C=O) groups is 1. The number of rotatable bonds is 4. The average Bonchev–Trinajstić information content (AvgIpc) is 2.74. The Labute approximate surface area is 97.6 Å². The van der Waals surface area contributed by atoms with Crippen LogP contribution in [0.25, 0.3) is 0 Å². The van der Waals surface area contributed by atoms with Gasteiger partial charge in [0.25, 0.3) is 0 Å². The van der Waals surface area contributed by atoms with Crippen LogP contribution in [0.2, 0.25) is 0 Å². The predicted molar refractivity (Wildman–Crippen MR) is 62.1 cm³/mol. The number of hydrogen-bond acceptors (Lipinski definition) is 3. The molecule has 94 valence electrons. The molecule has 0 aromatic rings. The van der Waals surface area contributed by atoms with Crippen molar-refractivity contribution in [3.63, 3.8) is 0 Å². The van der Waals surface area contributed by atoms with E-state index in [-0.39, 0.29) is 24.5 Å². The van der Waals surface area contributed by atoms with Gasteiger partial charge >= 0.3 is 0 Å². The molecule has 0 bridgehead atoms. The molecule has 0 aliphatic carbocycles. The molecule has 1 aliphatic rings. The molecular weight excluding hydrogens is 206 g/mol. The van der Waals surface area contributed by atoms with Crippen LogP contribution in [-0.2, 0) is 9.53 Å². The summed E-state index contributed by atoms with van der Waals surface area (Å²) in [4.78, 5) is 13.9. The highest BCUT2D eigenvalue weighted by atomic mass is 16.5. The standard InChI is InChI=1S/C12H23NO3/c1-5-10-9(6-7-16-10)11(15)13(4)12(2,3)8-14/h9-10,14H,5-8H2,1-4H3. The van der Waals surface area contributed by atoms with E-state index in [2.05, 4.69) is 0 Å². The largest absolute Gasteiger partial charge is 0.394 e. The van der Waals surface area contributed by atoms with Gasteiger partial charge in [0.2, 0.25) is 5.91 Å². The predicted octanol–water partition coefficient (Wildman–Crippen LogP) is 1.03. The first-order chi connectivity index (χ1) is 7.44. The van der Waals surface area contributed by atoms with Crippen LogP contribution in [-0.4, -0.2) is 47.8 Å². The molecule has 1 N–H and O–H groups in total. The molecule has 4 heteroatoms. The molecule has 1 fully saturated rings. The lowest BCUT2D eigenvalue weighted by molar-refractivity contribution is -0.142. The summed E-state index contributed by atoms with van der Waals surface area (Å²) in [6.07, 6.45) is 1.71. The number of aliphatic hydroxyl groups is 1. The van der Waals surface area contributed by atoms with Crippen molar-refractivity contribution in [2.75, 3.05) is 20.3 Å². The molecular formula is C12H23NO3. The van der Waals surface area contributed by atoms with Gasteiger partial charge in [-0.1, -0.05) is 6.92 Å². The highest BCUT2D eigenvalue weighted by Crippen LogP contribution is 2.27. The number of amides is 1. The third kappa shape index (κ3) is 2.55. The summed E-state index contributed by atoms with van der Waals surface area (Å²) in [5.74, 6) is 0.0456. The number of carbonyl (C=O) groups excluding carboxylic acids is 1. The first-order valence-corrected chi connectivity index (χ1v) is 5.94. The molecule has 16 heavy (non-hydrogen) atoms. The molecule has 0 aromatic carbocycles. The van der Waals surface area contributed by atoms with E-state index in [1.54, 1.807) is 11.9 Å². The minimum absolute atomic E-state index is 0.0282. The minimum Gasteiger partial charge on any atom is -0.394 e. The molecule has 0 radical (unpaired) electrons. The van der Waals surface area contributed by atoms with Crippen LogP contribution in [0.4, 0.5) is 0 Å². The number of ether oxygens (including phenoxy) is 1.